The summed E-state index contributed by atoms with van der Waals surface area (Å²) in [5.41, 5.74) is 3.54. The molecule has 1 aromatic heterocycles. The van der Waals surface area contributed by atoms with E-state index in [4.69, 9.17) is 14.5 Å². The zero-order valence-electron chi connectivity index (χ0n) is 19.2. The van der Waals surface area contributed by atoms with Crippen molar-refractivity contribution in [1.29, 1.82) is 0 Å². The second-order valence-corrected chi connectivity index (χ2v) is 9.23. The number of aromatic nitrogens is 1. The Morgan fingerprint density at radius 1 is 1.20 bits per heavy atom. The van der Waals surface area contributed by atoms with Gasteiger partial charge in [-0.2, -0.15) is 0 Å². The fraction of sp³-hybridized carbons (Fsp3) is 0.565. The number of guanidine groups is 1. The van der Waals surface area contributed by atoms with Crippen LogP contribution in [0, 0.1) is 6.92 Å². The number of benzene rings is 1. The number of hydrogen-bond donors (Lipinski definition) is 2. The number of hydrogen-bond acceptors (Lipinski definition) is 5. The Morgan fingerprint density at radius 2 is 2.00 bits per heavy atom. The van der Waals surface area contributed by atoms with E-state index < -0.39 is 0 Å². The van der Waals surface area contributed by atoms with E-state index in [0.29, 0.717) is 19.8 Å². The zero-order valence-corrected chi connectivity index (χ0v) is 20.0. The first-order valence-electron chi connectivity index (χ1n) is 10.4. The average Bonchev–Trinajstić information content (AvgIpc) is 3.18. The molecule has 0 unspecified atom stereocenters. The second-order valence-electron chi connectivity index (χ2n) is 8.29. The molecule has 0 amide bonds. The summed E-state index contributed by atoms with van der Waals surface area (Å²) in [6, 6.07) is 6.28. The van der Waals surface area contributed by atoms with Gasteiger partial charge in [0, 0.05) is 63.1 Å². The largest absolute Gasteiger partial charge is 0.493 e. The number of nitrogens with zero attached hydrogens (tertiary/aromatic N) is 2. The van der Waals surface area contributed by atoms with Crippen LogP contribution < -0.4 is 15.4 Å². The van der Waals surface area contributed by atoms with Crippen molar-refractivity contribution in [3.8, 4) is 5.75 Å². The molecule has 0 bridgehead atoms. The van der Waals surface area contributed by atoms with Crippen molar-refractivity contribution in [3.05, 3.63) is 45.4 Å². The number of ether oxygens (including phenoxy) is 2. The smallest absolute Gasteiger partial charge is 0.191 e. The van der Waals surface area contributed by atoms with Gasteiger partial charge in [-0.15, -0.1) is 11.3 Å². The number of nitrogens with one attached hydrogen (secondary N) is 2. The van der Waals surface area contributed by atoms with Crippen molar-refractivity contribution in [1.82, 2.24) is 15.6 Å². The number of aryl methyl sites for hydroxylation is 1. The minimum absolute atomic E-state index is 0.0944. The molecular formula is C23H36N4O2S. The molecule has 0 aliphatic rings. The zero-order chi connectivity index (χ0) is 22.0. The van der Waals surface area contributed by atoms with Gasteiger partial charge in [-0.25, -0.2) is 4.98 Å². The van der Waals surface area contributed by atoms with Crippen molar-refractivity contribution in [2.45, 2.75) is 52.5 Å². The van der Waals surface area contributed by atoms with Gasteiger partial charge in [-0.3, -0.25) is 4.99 Å². The Kier molecular flexibility index (Phi) is 9.59. The molecule has 2 rings (SSSR count). The number of rotatable bonds is 10. The van der Waals surface area contributed by atoms with Gasteiger partial charge in [-0.05, 0) is 18.6 Å². The van der Waals surface area contributed by atoms with E-state index in [1.807, 2.05) is 0 Å². The molecule has 30 heavy (non-hydrogen) atoms. The minimum Gasteiger partial charge on any atom is -0.493 e. The van der Waals surface area contributed by atoms with Gasteiger partial charge >= 0.3 is 0 Å². The maximum absolute atomic E-state index is 5.97. The Labute approximate surface area is 185 Å². The molecule has 6 nitrogen and oxygen atoms in total. The quantitative estimate of drug-likeness (QED) is 0.336. The van der Waals surface area contributed by atoms with Crippen molar-refractivity contribution in [3.63, 3.8) is 0 Å². The lowest BCUT2D eigenvalue weighted by Gasteiger charge is -2.15. The summed E-state index contributed by atoms with van der Waals surface area (Å²) in [4.78, 5) is 9.08. The molecule has 2 aromatic rings. The highest BCUT2D eigenvalue weighted by molar-refractivity contribution is 7.09. The highest BCUT2D eigenvalue weighted by atomic mass is 32.1. The van der Waals surface area contributed by atoms with E-state index in [1.54, 1.807) is 25.5 Å². The maximum atomic E-state index is 5.97. The fourth-order valence-electron chi connectivity index (χ4n) is 2.79. The van der Waals surface area contributed by atoms with Gasteiger partial charge in [0.2, 0.25) is 0 Å². The Hall–Kier alpha value is -2.12. The van der Waals surface area contributed by atoms with Crippen LogP contribution in [0.15, 0.2) is 28.6 Å². The highest BCUT2D eigenvalue weighted by Gasteiger charge is 2.17. The van der Waals surface area contributed by atoms with E-state index in [9.17, 15) is 0 Å². The molecule has 0 aliphatic carbocycles. The number of methoxy groups -OCH3 is 1. The lowest BCUT2D eigenvalue weighted by atomic mass is 9.93. The van der Waals surface area contributed by atoms with Crippen molar-refractivity contribution in [2.24, 2.45) is 4.99 Å². The first kappa shape index (κ1) is 24.2. The lowest BCUT2D eigenvalue weighted by Crippen LogP contribution is -2.38. The van der Waals surface area contributed by atoms with Crippen molar-refractivity contribution in [2.75, 3.05) is 33.9 Å². The van der Waals surface area contributed by atoms with E-state index in [1.165, 1.54) is 5.56 Å². The van der Waals surface area contributed by atoms with Gasteiger partial charge in [0.05, 0.1) is 17.3 Å². The van der Waals surface area contributed by atoms with Gasteiger partial charge in [-0.1, -0.05) is 32.9 Å². The van der Waals surface area contributed by atoms with Crippen LogP contribution in [0.4, 0.5) is 0 Å². The van der Waals surface area contributed by atoms with Crippen LogP contribution in [-0.2, 0) is 23.1 Å². The molecule has 2 N–H and O–H groups in total. The molecule has 0 fully saturated rings. The molecule has 0 saturated heterocycles. The third kappa shape index (κ3) is 7.95. The third-order valence-electron chi connectivity index (χ3n) is 4.59. The summed E-state index contributed by atoms with van der Waals surface area (Å²) in [6.07, 6.45) is 1.74. The first-order valence-corrected chi connectivity index (χ1v) is 11.3. The minimum atomic E-state index is 0.0944. The van der Waals surface area contributed by atoms with Gasteiger partial charge in [0.15, 0.2) is 5.96 Å². The molecule has 0 radical (unpaired) electrons. The highest BCUT2D eigenvalue weighted by Crippen LogP contribution is 2.24. The van der Waals surface area contributed by atoms with E-state index in [2.05, 4.69) is 66.9 Å². The summed E-state index contributed by atoms with van der Waals surface area (Å²) >= 11 is 1.72. The van der Waals surface area contributed by atoms with Gasteiger partial charge in [0.25, 0.3) is 0 Å². The predicted molar refractivity (Wildman–Crippen MR) is 126 cm³/mol. The third-order valence-corrected chi connectivity index (χ3v) is 5.50. The Balaban J connectivity index is 1.84. The van der Waals surface area contributed by atoms with Crippen LogP contribution in [-0.4, -0.2) is 44.9 Å². The number of thiazole rings is 1. The SMILES string of the molecule is CN=C(NCCc1nc(C(C)(C)C)cs1)NCc1ccc(C)cc1OCCCOC. The van der Waals surface area contributed by atoms with Crippen LogP contribution in [0.25, 0.3) is 0 Å². The Bertz CT molecular complexity index is 812. The molecule has 0 spiro atoms. The summed E-state index contributed by atoms with van der Waals surface area (Å²) < 4.78 is 11.1. The number of aliphatic imine (C=N–C) groups is 1. The van der Waals surface area contributed by atoms with Crippen LogP contribution in [0.1, 0.15) is 49.0 Å². The van der Waals surface area contributed by atoms with Gasteiger partial charge < -0.3 is 20.1 Å². The predicted octanol–water partition coefficient (Wildman–Crippen LogP) is 4.07. The van der Waals surface area contributed by atoms with Crippen LogP contribution in [0.2, 0.25) is 0 Å². The van der Waals surface area contributed by atoms with E-state index in [-0.39, 0.29) is 5.41 Å². The monoisotopic (exact) mass is 432 g/mol. The molecule has 166 valence electrons. The molecule has 0 saturated carbocycles. The molecule has 1 aromatic carbocycles. The fourth-order valence-corrected chi connectivity index (χ4v) is 3.81. The molecule has 0 aliphatic heterocycles. The Morgan fingerprint density at radius 3 is 2.67 bits per heavy atom. The summed E-state index contributed by atoms with van der Waals surface area (Å²) in [5, 5.41) is 10.1. The standard InChI is InChI=1S/C23H36N4O2S/c1-17-8-9-18(19(14-17)29-13-7-12-28-6)15-26-22(24-5)25-11-10-21-27-20(16-30-21)23(2,3)4/h8-9,14,16H,7,10-13,15H2,1-6H3,(H2,24,25,26). The normalized spacial score (nSPS) is 12.1. The molecular weight excluding hydrogens is 396 g/mol. The molecule has 0 atom stereocenters. The summed E-state index contributed by atoms with van der Waals surface area (Å²) in [5.74, 6) is 1.68. The summed E-state index contributed by atoms with van der Waals surface area (Å²) in [7, 11) is 3.49. The molecule has 7 heteroatoms. The van der Waals surface area contributed by atoms with Crippen molar-refractivity contribution >= 4 is 17.3 Å². The maximum Gasteiger partial charge on any atom is 0.191 e. The molecule has 1 heterocycles. The van der Waals surface area contributed by atoms with E-state index in [0.717, 1.165) is 47.4 Å². The van der Waals surface area contributed by atoms with E-state index >= 15 is 0 Å². The van der Waals surface area contributed by atoms with Gasteiger partial charge in [0.1, 0.15) is 5.75 Å². The first-order chi connectivity index (χ1) is 14.3. The van der Waals surface area contributed by atoms with Crippen LogP contribution >= 0.6 is 11.3 Å². The summed E-state index contributed by atoms with van der Waals surface area (Å²) in [6.45, 7) is 11.4. The van der Waals surface area contributed by atoms with Crippen LogP contribution in [0.5, 0.6) is 5.75 Å². The second kappa shape index (κ2) is 11.9. The van der Waals surface area contributed by atoms with Crippen molar-refractivity contribution < 1.29 is 9.47 Å². The lowest BCUT2D eigenvalue weighted by molar-refractivity contribution is 0.171. The average molecular weight is 433 g/mol. The van der Waals surface area contributed by atoms with Crippen LogP contribution in [0.3, 0.4) is 0 Å². The topological polar surface area (TPSA) is 67.8 Å².